The van der Waals surface area contributed by atoms with E-state index >= 15 is 0 Å². The zero-order chi connectivity index (χ0) is 56.4. The summed E-state index contributed by atoms with van der Waals surface area (Å²) in [7, 11) is 1.10. The van der Waals surface area contributed by atoms with Crippen molar-refractivity contribution in [3.05, 3.63) is 97.2 Å². The van der Waals surface area contributed by atoms with E-state index in [-0.39, 0.29) is 18.9 Å². The Kier molecular flexibility index (Phi) is 54.7. The fraction of sp³-hybridized carbons (Fsp3) is 0.746. The molecule has 4 atom stereocenters. The van der Waals surface area contributed by atoms with Crippen molar-refractivity contribution in [2.45, 2.75) is 283 Å². The number of aliphatic hydroxyl groups excluding tert-OH is 2. The smallest absolute Gasteiger partial charge is 0.268 e. The molecule has 0 aromatic rings. The fourth-order valence-electron chi connectivity index (χ4n) is 8.92. The van der Waals surface area contributed by atoms with Crippen molar-refractivity contribution in [2.75, 3.05) is 40.9 Å². The number of phosphoric acid groups is 1. The molecule has 0 bridgehead atoms. The summed E-state index contributed by atoms with van der Waals surface area (Å²) in [5, 5.41) is 24.7. The molecule has 0 saturated heterocycles. The lowest BCUT2D eigenvalue weighted by Gasteiger charge is -2.31. The van der Waals surface area contributed by atoms with Gasteiger partial charge in [0.05, 0.1) is 39.9 Å². The first kappa shape index (κ1) is 74.4. The minimum Gasteiger partial charge on any atom is -0.756 e. The van der Waals surface area contributed by atoms with E-state index in [1.54, 1.807) is 0 Å². The number of likely N-dealkylation sites (N-methyl/N-ethyl adjacent to an activating group) is 1. The van der Waals surface area contributed by atoms with Crippen LogP contribution in [0.4, 0.5) is 0 Å². The lowest BCUT2D eigenvalue weighted by molar-refractivity contribution is -0.870. The van der Waals surface area contributed by atoms with Crippen LogP contribution in [0.25, 0.3) is 0 Å². The molecule has 77 heavy (non-hydrogen) atoms. The van der Waals surface area contributed by atoms with Gasteiger partial charge in [0.25, 0.3) is 7.82 Å². The molecule has 4 unspecified atom stereocenters. The highest BCUT2D eigenvalue weighted by atomic mass is 31.2. The highest BCUT2D eigenvalue weighted by Gasteiger charge is 2.29. The topological polar surface area (TPSA) is 128 Å². The minimum absolute atomic E-state index is 0.0503. The van der Waals surface area contributed by atoms with Crippen LogP contribution in [0.5, 0.6) is 0 Å². The number of aliphatic hydroxyl groups is 2. The quantitative estimate of drug-likeness (QED) is 0.0239. The lowest BCUT2D eigenvalue weighted by Crippen LogP contribution is -2.51. The van der Waals surface area contributed by atoms with E-state index in [4.69, 9.17) is 9.05 Å². The van der Waals surface area contributed by atoms with Crippen LogP contribution in [-0.2, 0) is 18.4 Å². The third-order valence-corrected chi connectivity index (χ3v) is 14.8. The molecule has 0 saturated carbocycles. The van der Waals surface area contributed by atoms with E-state index in [0.717, 1.165) is 83.5 Å². The predicted molar refractivity (Wildman–Crippen MR) is 331 cm³/mol. The molecule has 0 fully saturated rings. The number of nitrogens with zero attached hydrogens (tertiary/aromatic N) is 1. The monoisotopic (exact) mass is 1100 g/mol. The molecule has 0 aromatic carbocycles. The largest absolute Gasteiger partial charge is 0.756 e. The number of phosphoric ester groups is 1. The van der Waals surface area contributed by atoms with Gasteiger partial charge in [-0.1, -0.05) is 252 Å². The van der Waals surface area contributed by atoms with Gasteiger partial charge in [-0.25, -0.2) is 0 Å². The number of hydrogen-bond acceptors (Lipinski definition) is 7. The number of unbranched alkanes of at least 4 members (excludes halogenated alkanes) is 27. The maximum absolute atomic E-state index is 13.0. The Morgan fingerprint density at radius 2 is 0.831 bits per heavy atom. The SMILES string of the molecule is CC/C=C\C/C=C\C/C=C\C/C=C\C/C=C\C/C=C\CCCCCCCCCCCCCCCCCCCCCCCCC(=O)NC(COP(=O)([O-])OCC[N+](C)(C)C)C(O)C(O)CCC/C=C/CC/C=C/CCCCC. The second kappa shape index (κ2) is 56.6. The summed E-state index contributed by atoms with van der Waals surface area (Å²) in [4.78, 5) is 25.5. The van der Waals surface area contributed by atoms with Crippen molar-refractivity contribution in [3.8, 4) is 0 Å². The molecule has 0 aromatic heterocycles. The van der Waals surface area contributed by atoms with Gasteiger partial charge in [0, 0.05) is 6.42 Å². The summed E-state index contributed by atoms with van der Waals surface area (Å²) in [6, 6.07) is -1.10. The summed E-state index contributed by atoms with van der Waals surface area (Å²) < 4.78 is 23.2. The number of quaternary nitrogens is 1. The number of allylic oxidation sites excluding steroid dienone is 16. The molecule has 3 N–H and O–H groups in total. The van der Waals surface area contributed by atoms with E-state index in [0.29, 0.717) is 30.3 Å². The van der Waals surface area contributed by atoms with Crippen LogP contribution >= 0.6 is 7.82 Å². The first-order valence-corrected chi connectivity index (χ1v) is 33.1. The number of nitrogens with one attached hydrogen (secondary N) is 1. The van der Waals surface area contributed by atoms with E-state index in [1.807, 2.05) is 21.1 Å². The van der Waals surface area contributed by atoms with Crippen LogP contribution in [0.2, 0.25) is 0 Å². The Morgan fingerprint density at radius 3 is 1.25 bits per heavy atom. The fourth-order valence-corrected chi connectivity index (χ4v) is 9.65. The molecule has 0 aliphatic heterocycles. The highest BCUT2D eigenvalue weighted by molar-refractivity contribution is 7.45. The van der Waals surface area contributed by atoms with Crippen molar-refractivity contribution < 1.29 is 38.0 Å². The number of amides is 1. The molecule has 10 heteroatoms. The predicted octanol–water partition coefficient (Wildman–Crippen LogP) is 18.1. The van der Waals surface area contributed by atoms with Gasteiger partial charge in [0.1, 0.15) is 19.3 Å². The van der Waals surface area contributed by atoms with Gasteiger partial charge in [-0.05, 0) is 103 Å². The van der Waals surface area contributed by atoms with Gasteiger partial charge in [-0.2, -0.15) is 0 Å². The van der Waals surface area contributed by atoms with Gasteiger partial charge in [-0.3, -0.25) is 9.36 Å². The summed E-state index contributed by atoms with van der Waals surface area (Å²) in [6.07, 6.45) is 78.0. The summed E-state index contributed by atoms with van der Waals surface area (Å²) in [5.74, 6) is -0.292. The highest BCUT2D eigenvalue weighted by Crippen LogP contribution is 2.38. The first-order valence-electron chi connectivity index (χ1n) is 31.7. The van der Waals surface area contributed by atoms with E-state index < -0.39 is 32.7 Å². The van der Waals surface area contributed by atoms with Crippen LogP contribution in [-0.4, -0.2) is 79.8 Å². The Balaban J connectivity index is 3.97. The number of rotatable bonds is 57. The van der Waals surface area contributed by atoms with Crippen molar-refractivity contribution in [1.29, 1.82) is 0 Å². The van der Waals surface area contributed by atoms with E-state index in [1.165, 1.54) is 141 Å². The van der Waals surface area contributed by atoms with Gasteiger partial charge in [-0.15, -0.1) is 0 Å². The van der Waals surface area contributed by atoms with Gasteiger partial charge < -0.3 is 34.0 Å². The Labute approximate surface area is 475 Å². The third kappa shape index (κ3) is 57.9. The summed E-state index contributed by atoms with van der Waals surface area (Å²) in [5.41, 5.74) is 0. The Bertz CT molecular complexity index is 1590. The minimum atomic E-state index is -4.69. The van der Waals surface area contributed by atoms with Crippen LogP contribution < -0.4 is 10.2 Å². The van der Waals surface area contributed by atoms with E-state index in [9.17, 15) is 24.5 Å². The number of carbonyl (C=O) groups is 1. The van der Waals surface area contributed by atoms with Crippen molar-refractivity contribution in [3.63, 3.8) is 0 Å². The first-order chi connectivity index (χ1) is 37.4. The second-order valence-electron chi connectivity index (χ2n) is 22.5. The van der Waals surface area contributed by atoms with Crippen LogP contribution in [0.15, 0.2) is 97.2 Å². The maximum Gasteiger partial charge on any atom is 0.268 e. The normalized spacial score (nSPS) is 14.9. The summed E-state index contributed by atoms with van der Waals surface area (Å²) >= 11 is 0. The average Bonchev–Trinajstić information content (AvgIpc) is 3.39. The molecule has 0 aliphatic carbocycles. The molecule has 0 radical (unpaired) electrons. The molecule has 446 valence electrons. The number of hydrogen-bond donors (Lipinski definition) is 3. The zero-order valence-corrected chi connectivity index (χ0v) is 51.4. The Hall–Kier alpha value is -2.62. The average molecular weight is 1100 g/mol. The van der Waals surface area contributed by atoms with Crippen LogP contribution in [0.3, 0.4) is 0 Å². The zero-order valence-electron chi connectivity index (χ0n) is 50.5. The third-order valence-electron chi connectivity index (χ3n) is 13.9. The molecule has 0 spiro atoms. The van der Waals surface area contributed by atoms with E-state index in [2.05, 4.69) is 116 Å². The van der Waals surface area contributed by atoms with Gasteiger partial charge >= 0.3 is 0 Å². The number of carbonyl (C=O) groups excluding carboxylic acids is 1. The van der Waals surface area contributed by atoms with Gasteiger partial charge in [0.15, 0.2) is 0 Å². The van der Waals surface area contributed by atoms with Crippen molar-refractivity contribution in [2.24, 2.45) is 0 Å². The molecular formula is C67H121N2O7P. The van der Waals surface area contributed by atoms with Crippen molar-refractivity contribution >= 4 is 13.7 Å². The molecule has 1 amide bonds. The summed E-state index contributed by atoms with van der Waals surface area (Å²) in [6.45, 7) is 4.27. The molecule has 0 heterocycles. The maximum atomic E-state index is 13.0. The van der Waals surface area contributed by atoms with Gasteiger partial charge in [0.2, 0.25) is 5.91 Å². The Morgan fingerprint density at radius 1 is 0.481 bits per heavy atom. The molecule has 0 aliphatic rings. The molecular weight excluding hydrogens is 976 g/mol. The van der Waals surface area contributed by atoms with Crippen LogP contribution in [0, 0.1) is 0 Å². The standard InChI is InChI=1S/C67H121N2O7P/c1-6-8-10-12-14-16-18-20-21-22-23-24-25-26-27-28-29-30-31-32-33-34-35-36-37-38-39-40-41-42-43-44-45-46-47-48-50-52-54-56-58-60-66(71)68-64(63-76-77(73,74)75-62-61-69(3,4)5)67(72)65(70)59-57-55-53-51-49-19-17-15-13-11-9-7-2/h8,10,14-17,20-21,23-24,26-27,29-30,51,53,64-65,67,70,72H,6-7,9,11-13,18-19,22,25,28,31-50,52,54-63H2,1-5H3,(H-,68,71,73,74)/b10-8-,16-14-,17-15+,21-20-,24-23-,27-26-,30-29-,53-51+. The molecule has 9 nitrogen and oxygen atoms in total. The lowest BCUT2D eigenvalue weighted by atomic mass is 10.0. The molecule has 0 rings (SSSR count). The van der Waals surface area contributed by atoms with Crippen molar-refractivity contribution in [1.82, 2.24) is 5.32 Å². The van der Waals surface area contributed by atoms with Crippen LogP contribution in [0.1, 0.15) is 264 Å². The second-order valence-corrected chi connectivity index (χ2v) is 23.9.